The summed E-state index contributed by atoms with van der Waals surface area (Å²) in [5, 5.41) is 3.52. The predicted octanol–water partition coefficient (Wildman–Crippen LogP) is 2.76. The monoisotopic (exact) mass is 358 g/mol. The lowest BCUT2D eigenvalue weighted by molar-refractivity contribution is 0.0179. The highest BCUT2D eigenvalue weighted by atomic mass is 16.5. The summed E-state index contributed by atoms with van der Waals surface area (Å²) in [4.78, 5) is 10.0. The first-order chi connectivity index (χ1) is 12.8. The van der Waals surface area contributed by atoms with E-state index in [1.807, 2.05) is 0 Å². The van der Waals surface area contributed by atoms with Crippen molar-refractivity contribution in [2.24, 2.45) is 10.9 Å². The second kappa shape index (κ2) is 9.93. The third-order valence-electron chi connectivity index (χ3n) is 5.38. The molecule has 144 valence electrons. The van der Waals surface area contributed by atoms with Gasteiger partial charge < -0.3 is 15.0 Å². The largest absolute Gasteiger partial charge is 0.379 e. The van der Waals surface area contributed by atoms with Gasteiger partial charge in [-0.05, 0) is 31.2 Å². The van der Waals surface area contributed by atoms with E-state index in [-0.39, 0.29) is 0 Å². The maximum atomic E-state index is 5.56. The zero-order chi connectivity index (χ0) is 18.2. The molecule has 1 N–H and O–H groups in total. The van der Waals surface area contributed by atoms with Gasteiger partial charge in [0.15, 0.2) is 5.96 Å². The van der Waals surface area contributed by atoms with E-state index >= 15 is 0 Å². The Morgan fingerprint density at radius 1 is 1.23 bits per heavy atom. The lowest BCUT2D eigenvalue weighted by atomic mass is 10.0. The van der Waals surface area contributed by atoms with E-state index in [1.54, 1.807) is 0 Å². The minimum Gasteiger partial charge on any atom is -0.379 e. The number of nitrogens with zero attached hydrogens (tertiary/aromatic N) is 3. The number of hydrogen-bond acceptors (Lipinski definition) is 3. The summed E-state index contributed by atoms with van der Waals surface area (Å²) < 4.78 is 5.56. The molecular formula is C21H34N4O. The molecule has 26 heavy (non-hydrogen) atoms. The Kier molecular flexibility index (Phi) is 7.32. The maximum absolute atomic E-state index is 5.56. The number of likely N-dealkylation sites (tertiary alicyclic amines) is 1. The van der Waals surface area contributed by atoms with Crippen LogP contribution >= 0.6 is 0 Å². The van der Waals surface area contributed by atoms with E-state index in [2.05, 4.69) is 59.3 Å². The number of ether oxygens (including phenoxy) is 1. The molecule has 2 atom stereocenters. The van der Waals surface area contributed by atoms with Crippen LogP contribution in [-0.4, -0.2) is 68.2 Å². The van der Waals surface area contributed by atoms with Gasteiger partial charge in [0.1, 0.15) is 0 Å². The topological polar surface area (TPSA) is 40.1 Å². The molecule has 0 radical (unpaired) electrons. The molecule has 2 aliphatic rings. The first kappa shape index (κ1) is 19.2. The number of aliphatic imine (C=N–C) groups is 1. The lowest BCUT2D eigenvalue weighted by Gasteiger charge is -2.36. The van der Waals surface area contributed by atoms with Crippen LogP contribution in [0.15, 0.2) is 35.3 Å². The molecule has 0 aromatic heterocycles. The standard InChI is InChI=1S/C21H34N4O/c1-3-22-21(25-11-7-8-18(2)17-25)23-16-20(19-9-5-4-6-10-19)24-12-14-26-15-13-24/h4-6,9-10,18,20H,3,7-8,11-17H2,1-2H3,(H,22,23). The number of guanidine groups is 1. The Labute approximate surface area is 158 Å². The number of benzene rings is 1. The van der Waals surface area contributed by atoms with Crippen molar-refractivity contribution in [3.8, 4) is 0 Å². The molecule has 2 heterocycles. The van der Waals surface area contributed by atoms with Crippen molar-refractivity contribution in [2.45, 2.75) is 32.7 Å². The zero-order valence-electron chi connectivity index (χ0n) is 16.4. The molecule has 1 aromatic rings. The van der Waals surface area contributed by atoms with Crippen LogP contribution in [0.3, 0.4) is 0 Å². The number of piperidine rings is 1. The normalized spacial score (nSPS) is 23.7. The van der Waals surface area contributed by atoms with Gasteiger partial charge >= 0.3 is 0 Å². The molecule has 0 aliphatic carbocycles. The summed E-state index contributed by atoms with van der Waals surface area (Å²) in [5.41, 5.74) is 1.35. The minimum absolute atomic E-state index is 0.316. The van der Waals surface area contributed by atoms with Crippen LogP contribution in [-0.2, 0) is 4.74 Å². The molecular weight excluding hydrogens is 324 g/mol. The second-order valence-corrected chi connectivity index (χ2v) is 7.46. The van der Waals surface area contributed by atoms with Crippen LogP contribution in [0.4, 0.5) is 0 Å². The summed E-state index contributed by atoms with van der Waals surface area (Å²) >= 11 is 0. The van der Waals surface area contributed by atoms with Gasteiger partial charge in [-0.3, -0.25) is 9.89 Å². The SMILES string of the molecule is CCNC(=NCC(c1ccccc1)N1CCOCC1)N1CCCC(C)C1. The molecule has 0 saturated carbocycles. The van der Waals surface area contributed by atoms with E-state index in [0.717, 1.165) is 64.4 Å². The van der Waals surface area contributed by atoms with Gasteiger partial charge in [0.25, 0.3) is 0 Å². The third kappa shape index (κ3) is 5.21. The van der Waals surface area contributed by atoms with Crippen LogP contribution < -0.4 is 5.32 Å². The predicted molar refractivity (Wildman–Crippen MR) is 108 cm³/mol. The highest BCUT2D eigenvalue weighted by molar-refractivity contribution is 5.80. The van der Waals surface area contributed by atoms with E-state index in [9.17, 15) is 0 Å². The minimum atomic E-state index is 0.316. The van der Waals surface area contributed by atoms with Gasteiger partial charge in [0.05, 0.1) is 25.8 Å². The Hall–Kier alpha value is -1.59. The highest BCUT2D eigenvalue weighted by Crippen LogP contribution is 2.23. The molecule has 2 fully saturated rings. The van der Waals surface area contributed by atoms with Crippen LogP contribution in [0.25, 0.3) is 0 Å². The van der Waals surface area contributed by atoms with Gasteiger partial charge in [0.2, 0.25) is 0 Å². The van der Waals surface area contributed by atoms with Crippen molar-refractivity contribution in [3.05, 3.63) is 35.9 Å². The van der Waals surface area contributed by atoms with Crippen molar-refractivity contribution < 1.29 is 4.74 Å². The van der Waals surface area contributed by atoms with Crippen molar-refractivity contribution in [1.29, 1.82) is 0 Å². The summed E-state index contributed by atoms with van der Waals surface area (Å²) in [6.45, 7) is 12.0. The van der Waals surface area contributed by atoms with Crippen molar-refractivity contribution in [1.82, 2.24) is 15.1 Å². The number of nitrogens with one attached hydrogen (secondary N) is 1. The molecule has 5 heteroatoms. The Morgan fingerprint density at radius 3 is 2.69 bits per heavy atom. The van der Waals surface area contributed by atoms with Gasteiger partial charge in [0, 0.05) is 32.7 Å². The van der Waals surface area contributed by atoms with E-state index in [4.69, 9.17) is 9.73 Å². The van der Waals surface area contributed by atoms with Crippen molar-refractivity contribution in [3.63, 3.8) is 0 Å². The average Bonchev–Trinajstić information content (AvgIpc) is 2.69. The van der Waals surface area contributed by atoms with Crippen molar-refractivity contribution >= 4 is 5.96 Å². The van der Waals surface area contributed by atoms with Crippen LogP contribution in [0.2, 0.25) is 0 Å². The lowest BCUT2D eigenvalue weighted by Crippen LogP contribution is -2.47. The first-order valence-corrected chi connectivity index (χ1v) is 10.2. The van der Waals surface area contributed by atoms with Gasteiger partial charge in [-0.1, -0.05) is 37.3 Å². The summed E-state index contributed by atoms with van der Waals surface area (Å²) in [7, 11) is 0. The fraction of sp³-hybridized carbons (Fsp3) is 0.667. The van der Waals surface area contributed by atoms with E-state index in [0.29, 0.717) is 6.04 Å². The fourth-order valence-corrected chi connectivity index (χ4v) is 3.98. The summed E-state index contributed by atoms with van der Waals surface area (Å²) in [5.74, 6) is 1.82. The molecule has 2 aliphatic heterocycles. The van der Waals surface area contributed by atoms with Gasteiger partial charge in [-0.2, -0.15) is 0 Å². The number of hydrogen-bond donors (Lipinski definition) is 1. The Morgan fingerprint density at radius 2 is 2.00 bits per heavy atom. The smallest absolute Gasteiger partial charge is 0.193 e. The molecule has 1 aromatic carbocycles. The maximum Gasteiger partial charge on any atom is 0.193 e. The number of morpholine rings is 1. The molecule has 0 spiro atoms. The highest BCUT2D eigenvalue weighted by Gasteiger charge is 2.24. The third-order valence-corrected chi connectivity index (χ3v) is 5.38. The van der Waals surface area contributed by atoms with Crippen LogP contribution in [0.5, 0.6) is 0 Å². The molecule has 0 bridgehead atoms. The van der Waals surface area contributed by atoms with Crippen LogP contribution in [0.1, 0.15) is 38.3 Å². The van der Waals surface area contributed by atoms with Gasteiger partial charge in [-0.15, -0.1) is 0 Å². The molecule has 5 nitrogen and oxygen atoms in total. The second-order valence-electron chi connectivity index (χ2n) is 7.46. The van der Waals surface area contributed by atoms with Gasteiger partial charge in [-0.25, -0.2) is 0 Å². The zero-order valence-corrected chi connectivity index (χ0v) is 16.4. The van der Waals surface area contributed by atoms with Crippen LogP contribution in [0, 0.1) is 5.92 Å². The number of rotatable bonds is 5. The fourth-order valence-electron chi connectivity index (χ4n) is 3.98. The Balaban J connectivity index is 1.76. The summed E-state index contributed by atoms with van der Waals surface area (Å²) in [6.07, 6.45) is 2.59. The molecule has 2 saturated heterocycles. The van der Waals surface area contributed by atoms with Crippen molar-refractivity contribution in [2.75, 3.05) is 52.5 Å². The first-order valence-electron chi connectivity index (χ1n) is 10.2. The molecule has 0 amide bonds. The quantitative estimate of drug-likeness (QED) is 0.649. The molecule has 2 unspecified atom stereocenters. The molecule has 3 rings (SSSR count). The van der Waals surface area contributed by atoms with E-state index < -0.39 is 0 Å². The Bertz CT molecular complexity index is 556. The van der Waals surface area contributed by atoms with E-state index in [1.165, 1.54) is 18.4 Å². The summed E-state index contributed by atoms with van der Waals surface area (Å²) in [6, 6.07) is 11.1. The average molecular weight is 359 g/mol.